The zero-order valence-corrected chi connectivity index (χ0v) is 10.5. The van der Waals surface area contributed by atoms with E-state index in [2.05, 4.69) is 42.1 Å². The summed E-state index contributed by atoms with van der Waals surface area (Å²) in [5, 5.41) is 7.65. The van der Waals surface area contributed by atoms with E-state index in [0.717, 1.165) is 15.6 Å². The van der Waals surface area contributed by atoms with Gasteiger partial charge in [-0.1, -0.05) is 22.0 Å². The van der Waals surface area contributed by atoms with Crippen molar-refractivity contribution in [2.75, 3.05) is 0 Å². The minimum atomic E-state index is 0.395. The summed E-state index contributed by atoms with van der Waals surface area (Å²) in [5.41, 5.74) is 2.03. The molecule has 0 fully saturated rings. The van der Waals surface area contributed by atoms with Crippen molar-refractivity contribution in [1.29, 1.82) is 0 Å². The summed E-state index contributed by atoms with van der Waals surface area (Å²) in [6, 6.07) is 5.86. The van der Waals surface area contributed by atoms with Gasteiger partial charge in [0.2, 0.25) is 5.89 Å². The molecular formula is C9H6Br2N2O. The number of hydrogen-bond acceptors (Lipinski definition) is 3. The van der Waals surface area contributed by atoms with E-state index in [4.69, 9.17) is 4.42 Å². The molecular weight excluding hydrogens is 312 g/mol. The summed E-state index contributed by atoms with van der Waals surface area (Å²) in [5.74, 6) is 0.524. The van der Waals surface area contributed by atoms with E-state index in [1.54, 1.807) is 0 Å². The van der Waals surface area contributed by atoms with Gasteiger partial charge in [-0.3, -0.25) is 0 Å². The Morgan fingerprint density at radius 2 is 2.00 bits per heavy atom. The summed E-state index contributed by atoms with van der Waals surface area (Å²) >= 11 is 6.57. The highest BCUT2D eigenvalue weighted by atomic mass is 79.9. The zero-order valence-electron chi connectivity index (χ0n) is 7.29. The highest BCUT2D eigenvalue weighted by Crippen LogP contribution is 2.28. The summed E-state index contributed by atoms with van der Waals surface area (Å²) < 4.78 is 6.31. The molecule has 1 heterocycles. The van der Waals surface area contributed by atoms with Crippen molar-refractivity contribution in [3.63, 3.8) is 0 Å². The fourth-order valence-electron chi connectivity index (χ4n) is 1.15. The quantitative estimate of drug-likeness (QED) is 0.807. The van der Waals surface area contributed by atoms with Crippen molar-refractivity contribution in [3.05, 3.63) is 33.0 Å². The molecule has 0 N–H and O–H groups in total. The number of benzene rings is 1. The molecule has 0 atom stereocenters. The van der Waals surface area contributed by atoms with Gasteiger partial charge in [0.15, 0.2) is 0 Å². The Balaban J connectivity index is 2.57. The first-order valence-electron chi connectivity index (χ1n) is 3.93. The van der Waals surface area contributed by atoms with Crippen molar-refractivity contribution in [3.8, 4) is 11.5 Å². The normalized spacial score (nSPS) is 10.5. The summed E-state index contributed by atoms with van der Waals surface area (Å²) in [6.07, 6.45) is 0. The van der Waals surface area contributed by atoms with E-state index in [1.807, 2.05) is 25.1 Å². The van der Waals surface area contributed by atoms with Crippen molar-refractivity contribution in [2.24, 2.45) is 0 Å². The third kappa shape index (κ3) is 1.74. The monoisotopic (exact) mass is 316 g/mol. The molecule has 0 bridgehead atoms. The molecule has 1 aromatic carbocycles. The lowest BCUT2D eigenvalue weighted by Gasteiger charge is -2.01. The van der Waals surface area contributed by atoms with Gasteiger partial charge in [-0.15, -0.1) is 10.2 Å². The number of halogens is 2. The first kappa shape index (κ1) is 9.86. The van der Waals surface area contributed by atoms with Gasteiger partial charge in [0.05, 0.1) is 0 Å². The van der Waals surface area contributed by atoms with Crippen LogP contribution in [0.4, 0.5) is 0 Å². The van der Waals surface area contributed by atoms with Crippen molar-refractivity contribution >= 4 is 31.9 Å². The van der Waals surface area contributed by atoms with Gasteiger partial charge in [-0.05, 0) is 24.6 Å². The second-order valence-corrected chi connectivity index (χ2v) is 4.31. The first-order valence-corrected chi connectivity index (χ1v) is 5.51. The maximum Gasteiger partial charge on any atom is 0.285 e. The Morgan fingerprint density at radius 1 is 1.21 bits per heavy atom. The lowest BCUT2D eigenvalue weighted by Crippen LogP contribution is -1.84. The Bertz CT molecular complexity index is 468. The zero-order chi connectivity index (χ0) is 10.1. The molecule has 2 rings (SSSR count). The third-order valence-electron chi connectivity index (χ3n) is 1.90. The molecule has 0 saturated carbocycles. The SMILES string of the molecule is Cc1c(Br)cccc1-c1nnc(Br)o1. The summed E-state index contributed by atoms with van der Waals surface area (Å²) in [4.78, 5) is 0.395. The van der Waals surface area contributed by atoms with Crippen LogP contribution in [0.25, 0.3) is 11.5 Å². The third-order valence-corrected chi connectivity index (χ3v) is 3.08. The molecule has 3 nitrogen and oxygen atoms in total. The molecule has 0 aliphatic rings. The lowest BCUT2D eigenvalue weighted by atomic mass is 10.1. The molecule has 72 valence electrons. The first-order chi connectivity index (χ1) is 6.68. The number of nitrogens with zero attached hydrogens (tertiary/aromatic N) is 2. The summed E-state index contributed by atoms with van der Waals surface area (Å²) in [6.45, 7) is 2.00. The van der Waals surface area contributed by atoms with Gasteiger partial charge in [0.1, 0.15) is 0 Å². The van der Waals surface area contributed by atoms with E-state index >= 15 is 0 Å². The lowest BCUT2D eigenvalue weighted by molar-refractivity contribution is 0.540. The maximum absolute atomic E-state index is 5.28. The average molecular weight is 318 g/mol. The largest absolute Gasteiger partial charge is 0.411 e. The predicted molar refractivity (Wildman–Crippen MR) is 59.9 cm³/mol. The highest BCUT2D eigenvalue weighted by molar-refractivity contribution is 9.10. The van der Waals surface area contributed by atoms with Crippen LogP contribution in [0.1, 0.15) is 5.56 Å². The fourth-order valence-corrected chi connectivity index (χ4v) is 1.75. The van der Waals surface area contributed by atoms with Crippen molar-refractivity contribution in [1.82, 2.24) is 10.2 Å². The molecule has 5 heteroatoms. The molecule has 0 saturated heterocycles. The Labute approximate surface area is 97.8 Å². The molecule has 0 aliphatic carbocycles. The minimum absolute atomic E-state index is 0.395. The Kier molecular flexibility index (Phi) is 2.69. The number of rotatable bonds is 1. The average Bonchev–Trinajstić information content (AvgIpc) is 2.57. The minimum Gasteiger partial charge on any atom is -0.411 e. The van der Waals surface area contributed by atoms with Gasteiger partial charge >= 0.3 is 0 Å². The number of aromatic nitrogens is 2. The van der Waals surface area contributed by atoms with Crippen LogP contribution < -0.4 is 0 Å². The number of hydrogen-bond donors (Lipinski definition) is 0. The topological polar surface area (TPSA) is 38.9 Å². The van der Waals surface area contributed by atoms with E-state index < -0.39 is 0 Å². The fraction of sp³-hybridized carbons (Fsp3) is 0.111. The van der Waals surface area contributed by atoms with Crippen LogP contribution in [0.5, 0.6) is 0 Å². The predicted octanol–water partition coefficient (Wildman–Crippen LogP) is 3.57. The Hall–Kier alpha value is -0.680. The van der Waals surface area contributed by atoms with E-state index in [9.17, 15) is 0 Å². The van der Waals surface area contributed by atoms with Crippen LogP contribution in [-0.4, -0.2) is 10.2 Å². The summed E-state index contributed by atoms with van der Waals surface area (Å²) in [7, 11) is 0. The highest BCUT2D eigenvalue weighted by Gasteiger charge is 2.10. The van der Waals surface area contributed by atoms with Gasteiger partial charge < -0.3 is 4.42 Å². The maximum atomic E-state index is 5.28. The van der Waals surface area contributed by atoms with Crippen LogP contribution in [0.15, 0.2) is 31.9 Å². The molecule has 2 aromatic rings. The molecule has 0 spiro atoms. The molecule has 14 heavy (non-hydrogen) atoms. The van der Waals surface area contributed by atoms with Crippen molar-refractivity contribution in [2.45, 2.75) is 6.92 Å². The van der Waals surface area contributed by atoms with E-state index in [0.29, 0.717) is 10.7 Å². The molecule has 1 aromatic heterocycles. The second kappa shape index (κ2) is 3.82. The molecule has 0 unspecified atom stereocenters. The van der Waals surface area contributed by atoms with Crippen LogP contribution in [0.3, 0.4) is 0 Å². The molecule has 0 aliphatic heterocycles. The van der Waals surface area contributed by atoms with E-state index in [-0.39, 0.29) is 0 Å². The van der Waals surface area contributed by atoms with Gasteiger partial charge in [0.25, 0.3) is 4.80 Å². The Morgan fingerprint density at radius 3 is 2.64 bits per heavy atom. The van der Waals surface area contributed by atoms with Gasteiger partial charge in [0, 0.05) is 26.0 Å². The van der Waals surface area contributed by atoms with Crippen molar-refractivity contribution < 1.29 is 4.42 Å². The standard InChI is InChI=1S/C9H6Br2N2O/c1-5-6(3-2-4-7(5)10)8-12-13-9(11)14-8/h2-4H,1H3. The van der Waals surface area contributed by atoms with Crippen LogP contribution in [0, 0.1) is 6.92 Å². The molecule has 0 radical (unpaired) electrons. The smallest absolute Gasteiger partial charge is 0.285 e. The van der Waals surface area contributed by atoms with Crippen LogP contribution in [-0.2, 0) is 0 Å². The van der Waals surface area contributed by atoms with Gasteiger partial charge in [-0.2, -0.15) is 0 Å². The van der Waals surface area contributed by atoms with Gasteiger partial charge in [-0.25, -0.2) is 0 Å². The second-order valence-electron chi connectivity index (χ2n) is 2.77. The molecule has 0 amide bonds. The van der Waals surface area contributed by atoms with Crippen LogP contribution >= 0.6 is 31.9 Å². The van der Waals surface area contributed by atoms with Crippen LogP contribution in [0.2, 0.25) is 0 Å². The van der Waals surface area contributed by atoms with E-state index in [1.165, 1.54) is 0 Å².